The molecule has 0 amide bonds. The Balaban J connectivity index is 2.33. The van der Waals surface area contributed by atoms with Gasteiger partial charge in [0.1, 0.15) is 10.6 Å². The second-order valence-electron chi connectivity index (χ2n) is 4.49. The molecule has 0 fully saturated rings. The fraction of sp³-hybridized carbons (Fsp3) is 0.133. The van der Waals surface area contributed by atoms with Gasteiger partial charge in [0.15, 0.2) is 0 Å². The molecule has 7 heteroatoms. The van der Waals surface area contributed by atoms with Crippen molar-refractivity contribution in [2.45, 2.75) is 11.8 Å². The lowest BCUT2D eigenvalue weighted by atomic mass is 10.2. The zero-order chi connectivity index (χ0) is 16.3. The van der Waals surface area contributed by atoms with Crippen molar-refractivity contribution < 1.29 is 22.1 Å². The SMILES string of the molecule is COC(=O)c1ccc(S(=O)(=O)Oc2ccc(C)cc2)c(Cl)c1. The molecule has 2 aromatic rings. The number of ether oxygens (including phenoxy) is 1. The van der Waals surface area contributed by atoms with Gasteiger partial charge in [0, 0.05) is 0 Å². The Kier molecular flexibility index (Phi) is 4.73. The number of aryl methyl sites for hydroxylation is 1. The van der Waals surface area contributed by atoms with Crippen LogP contribution >= 0.6 is 11.6 Å². The fourth-order valence-corrected chi connectivity index (χ4v) is 3.16. The molecule has 0 unspecified atom stereocenters. The fourth-order valence-electron chi connectivity index (χ4n) is 1.71. The number of benzene rings is 2. The maximum absolute atomic E-state index is 12.2. The first-order chi connectivity index (χ1) is 10.3. The van der Waals surface area contributed by atoms with Crippen molar-refractivity contribution in [3.05, 3.63) is 58.6 Å². The van der Waals surface area contributed by atoms with Crippen molar-refractivity contribution in [2.24, 2.45) is 0 Å². The lowest BCUT2D eigenvalue weighted by molar-refractivity contribution is 0.0600. The molecule has 2 rings (SSSR count). The average Bonchev–Trinajstić information content (AvgIpc) is 2.48. The van der Waals surface area contributed by atoms with Gasteiger partial charge in [-0.3, -0.25) is 0 Å². The highest BCUT2D eigenvalue weighted by Crippen LogP contribution is 2.26. The van der Waals surface area contributed by atoms with Gasteiger partial charge in [0.2, 0.25) is 0 Å². The Morgan fingerprint density at radius 2 is 1.73 bits per heavy atom. The summed E-state index contributed by atoms with van der Waals surface area (Å²) in [5.74, 6) is -0.427. The van der Waals surface area contributed by atoms with E-state index in [-0.39, 0.29) is 21.2 Å². The summed E-state index contributed by atoms with van der Waals surface area (Å²) in [6.07, 6.45) is 0. The van der Waals surface area contributed by atoms with E-state index < -0.39 is 16.1 Å². The van der Waals surface area contributed by atoms with E-state index >= 15 is 0 Å². The van der Waals surface area contributed by atoms with E-state index in [9.17, 15) is 13.2 Å². The Morgan fingerprint density at radius 1 is 1.09 bits per heavy atom. The topological polar surface area (TPSA) is 69.7 Å². The van der Waals surface area contributed by atoms with Crippen LogP contribution in [0.4, 0.5) is 0 Å². The number of methoxy groups -OCH3 is 1. The van der Waals surface area contributed by atoms with Crippen molar-refractivity contribution >= 4 is 27.7 Å². The molecule has 0 aromatic heterocycles. The quantitative estimate of drug-likeness (QED) is 0.631. The average molecular weight is 341 g/mol. The van der Waals surface area contributed by atoms with Crippen LogP contribution < -0.4 is 4.18 Å². The monoisotopic (exact) mass is 340 g/mol. The first-order valence-electron chi connectivity index (χ1n) is 6.22. The standard InChI is InChI=1S/C15H13ClO5S/c1-10-3-6-12(7-4-10)21-22(18,19)14-8-5-11(9-13(14)16)15(17)20-2/h3-9H,1-2H3. The summed E-state index contributed by atoms with van der Waals surface area (Å²) >= 11 is 5.94. The second kappa shape index (κ2) is 6.37. The molecule has 5 nitrogen and oxygen atoms in total. The minimum atomic E-state index is -4.09. The molecule has 2 aromatic carbocycles. The van der Waals surface area contributed by atoms with Crippen LogP contribution in [0.5, 0.6) is 5.75 Å². The van der Waals surface area contributed by atoms with E-state index in [1.807, 2.05) is 6.92 Å². The minimum Gasteiger partial charge on any atom is -0.465 e. The Hall–Kier alpha value is -2.05. The molecule has 22 heavy (non-hydrogen) atoms. The third-order valence-electron chi connectivity index (χ3n) is 2.85. The van der Waals surface area contributed by atoms with E-state index in [1.54, 1.807) is 24.3 Å². The van der Waals surface area contributed by atoms with E-state index in [0.717, 1.165) is 5.56 Å². The molecule has 116 valence electrons. The largest absolute Gasteiger partial charge is 0.465 e. The van der Waals surface area contributed by atoms with Gasteiger partial charge in [-0.1, -0.05) is 29.3 Å². The molecular formula is C15H13ClO5S. The van der Waals surface area contributed by atoms with Gasteiger partial charge < -0.3 is 8.92 Å². The molecule has 0 heterocycles. The van der Waals surface area contributed by atoms with Crippen molar-refractivity contribution in [3.63, 3.8) is 0 Å². The highest BCUT2D eigenvalue weighted by atomic mass is 35.5. The zero-order valence-electron chi connectivity index (χ0n) is 11.9. The highest BCUT2D eigenvalue weighted by molar-refractivity contribution is 7.87. The molecule has 0 bridgehead atoms. The molecule has 0 aliphatic rings. The summed E-state index contributed by atoms with van der Waals surface area (Å²) in [5.41, 5.74) is 1.13. The Labute approximate surface area is 133 Å². The number of carbonyl (C=O) groups is 1. The molecule has 0 atom stereocenters. The van der Waals surface area contributed by atoms with Crippen molar-refractivity contribution in [2.75, 3.05) is 7.11 Å². The number of hydrogen-bond acceptors (Lipinski definition) is 5. The first-order valence-corrected chi connectivity index (χ1v) is 8.01. The summed E-state index contributed by atoms with van der Waals surface area (Å²) in [4.78, 5) is 11.2. The number of carbonyl (C=O) groups excluding carboxylic acids is 1. The lowest BCUT2D eigenvalue weighted by Crippen LogP contribution is -2.11. The van der Waals surface area contributed by atoms with Crippen molar-refractivity contribution in [1.82, 2.24) is 0 Å². The van der Waals surface area contributed by atoms with Crippen LogP contribution in [-0.2, 0) is 14.9 Å². The molecule has 0 aliphatic heterocycles. The van der Waals surface area contributed by atoms with Crippen LogP contribution in [0.2, 0.25) is 5.02 Å². The number of hydrogen-bond donors (Lipinski definition) is 0. The van der Waals surface area contributed by atoms with E-state index in [1.165, 1.54) is 25.3 Å². The molecular weight excluding hydrogens is 328 g/mol. The minimum absolute atomic E-state index is 0.116. The lowest BCUT2D eigenvalue weighted by Gasteiger charge is -2.09. The van der Waals surface area contributed by atoms with Crippen LogP contribution in [0.3, 0.4) is 0 Å². The van der Waals surface area contributed by atoms with Gasteiger partial charge >= 0.3 is 16.1 Å². The van der Waals surface area contributed by atoms with E-state index in [4.69, 9.17) is 15.8 Å². The van der Waals surface area contributed by atoms with Gasteiger partial charge in [-0.25, -0.2) is 4.79 Å². The molecule has 0 radical (unpaired) electrons. The highest BCUT2D eigenvalue weighted by Gasteiger charge is 2.21. The Morgan fingerprint density at radius 3 is 2.27 bits per heavy atom. The summed E-state index contributed by atoms with van der Waals surface area (Å²) in [7, 11) is -2.87. The predicted octanol–water partition coefficient (Wildman–Crippen LogP) is 3.20. The van der Waals surface area contributed by atoms with Gasteiger partial charge in [0.05, 0.1) is 17.7 Å². The molecule has 0 N–H and O–H groups in total. The van der Waals surface area contributed by atoms with E-state index in [2.05, 4.69) is 4.74 Å². The first kappa shape index (κ1) is 16.3. The zero-order valence-corrected chi connectivity index (χ0v) is 13.4. The summed E-state index contributed by atoms with van der Waals surface area (Å²) in [6, 6.07) is 10.3. The molecule has 0 saturated heterocycles. The van der Waals surface area contributed by atoms with Crippen molar-refractivity contribution in [1.29, 1.82) is 0 Å². The summed E-state index contributed by atoms with van der Waals surface area (Å²) < 4.78 is 34.0. The number of esters is 1. The van der Waals surface area contributed by atoms with Gasteiger partial charge in [-0.15, -0.1) is 0 Å². The maximum Gasteiger partial charge on any atom is 0.340 e. The van der Waals surface area contributed by atoms with Crippen LogP contribution in [-0.4, -0.2) is 21.5 Å². The van der Waals surface area contributed by atoms with E-state index in [0.29, 0.717) is 0 Å². The number of halogens is 1. The molecule has 0 spiro atoms. The van der Waals surface area contributed by atoms with Crippen LogP contribution in [0.25, 0.3) is 0 Å². The second-order valence-corrected chi connectivity index (χ2v) is 6.41. The summed E-state index contributed by atoms with van der Waals surface area (Å²) in [6.45, 7) is 1.88. The molecule has 0 aliphatic carbocycles. The normalized spacial score (nSPS) is 11.0. The van der Waals surface area contributed by atoms with Gasteiger partial charge in [0.25, 0.3) is 0 Å². The van der Waals surface area contributed by atoms with Crippen LogP contribution in [0.1, 0.15) is 15.9 Å². The van der Waals surface area contributed by atoms with Gasteiger partial charge in [-0.2, -0.15) is 8.42 Å². The smallest absolute Gasteiger partial charge is 0.340 e. The number of rotatable bonds is 4. The predicted molar refractivity (Wildman–Crippen MR) is 81.8 cm³/mol. The maximum atomic E-state index is 12.2. The Bertz CT molecular complexity index is 797. The third-order valence-corrected chi connectivity index (χ3v) is 4.58. The summed E-state index contributed by atoms with van der Waals surface area (Å²) in [5, 5.41) is -0.116. The molecule has 0 saturated carbocycles. The third kappa shape index (κ3) is 3.58. The van der Waals surface area contributed by atoms with Crippen LogP contribution in [0, 0.1) is 6.92 Å². The van der Waals surface area contributed by atoms with Crippen molar-refractivity contribution in [3.8, 4) is 5.75 Å². The van der Waals surface area contributed by atoms with Crippen LogP contribution in [0.15, 0.2) is 47.4 Å². The van der Waals surface area contributed by atoms with Gasteiger partial charge in [-0.05, 0) is 37.3 Å².